The second-order valence-electron chi connectivity index (χ2n) is 0. The summed E-state index contributed by atoms with van der Waals surface area (Å²) in [5.41, 5.74) is 0. The Labute approximate surface area is 67.1 Å². The first-order valence-electron chi connectivity index (χ1n) is 0.114. The van der Waals surface area contributed by atoms with Crippen LogP contribution in [0.1, 0.15) is 0 Å². The molecule has 0 nitrogen and oxygen atoms in total. The first-order chi connectivity index (χ1) is 1.00. The monoisotopic (exact) mass is 318 g/mol. The van der Waals surface area contributed by atoms with Gasteiger partial charge in [0.05, 0.1) is 0 Å². The predicted octanol–water partition coefficient (Wildman–Crippen LogP) is -8.49. The van der Waals surface area contributed by atoms with Gasteiger partial charge in [-0.2, -0.15) is 0 Å². The van der Waals surface area contributed by atoms with Gasteiger partial charge in [0, 0.05) is 0 Å². The summed E-state index contributed by atoms with van der Waals surface area (Å²) in [6.45, 7) is 0. The second-order valence-corrected chi connectivity index (χ2v) is 0. The molecule has 0 fully saturated rings. The molecule has 0 aliphatic heterocycles. The van der Waals surface area contributed by atoms with Crippen molar-refractivity contribution in [2.24, 2.45) is 0 Å². The molecular weight excluding hydrogens is 319 g/mol. The smallest absolute Gasteiger partial charge is 1.00 e. The molecule has 0 aromatic rings. The Morgan fingerprint density at radius 3 is 0.833 bits per heavy atom. The third kappa shape index (κ3) is 41.4. The van der Waals surface area contributed by atoms with E-state index in [4.69, 9.17) is 0 Å². The Bertz CT molecular complexity index is 10.8. The third-order valence-corrected chi connectivity index (χ3v) is 0. The number of rotatable bonds is 0. The van der Waals surface area contributed by atoms with Crippen LogP contribution in [0.15, 0.2) is 0 Å². The van der Waals surface area contributed by atoms with E-state index in [2.05, 4.69) is 17.3 Å². The van der Waals surface area contributed by atoms with E-state index >= 15 is 0 Å². The van der Waals surface area contributed by atoms with Crippen LogP contribution in [0.4, 0.5) is 0 Å². The van der Waals surface area contributed by atoms with Crippen molar-refractivity contribution in [2.75, 3.05) is 0 Å². The molecule has 0 amide bonds. The van der Waals surface area contributed by atoms with Crippen LogP contribution in [0.25, 0.3) is 0 Å². The summed E-state index contributed by atoms with van der Waals surface area (Å²) >= 11 is 4.88. The molecule has 0 aromatic carbocycles. The standard InChI is InChI=1S/Ag.Al.3FH.HI/h;;4*1H/q+1;+3;;;;/p-4. The van der Waals surface area contributed by atoms with Crippen LogP contribution < -0.4 is 14.1 Å². The van der Waals surface area contributed by atoms with Gasteiger partial charge in [-0.05, 0) is 0 Å². The van der Waals surface area contributed by atoms with E-state index in [1.807, 2.05) is 19.0 Å². The molecular formula is AgAlF3I. The molecule has 6 heteroatoms. The molecule has 0 aliphatic carbocycles. The SMILES string of the molecule is [Ag][I].[Al+3].[F-].[F-].[F-]. The summed E-state index contributed by atoms with van der Waals surface area (Å²) in [5.74, 6) is 0. The molecule has 0 aromatic heterocycles. The summed E-state index contributed by atoms with van der Waals surface area (Å²) in [6.07, 6.45) is 0. The average molecular weight is 319 g/mol. The van der Waals surface area contributed by atoms with Crippen molar-refractivity contribution in [2.45, 2.75) is 0 Å². The van der Waals surface area contributed by atoms with Crippen LogP contribution in [0.5, 0.6) is 0 Å². The van der Waals surface area contributed by atoms with Gasteiger partial charge in [-0.1, -0.05) is 0 Å². The molecule has 0 saturated heterocycles. The predicted molar refractivity (Wildman–Crippen MR) is 19.8 cm³/mol. The molecule has 0 radical (unpaired) electrons. The van der Waals surface area contributed by atoms with Crippen molar-refractivity contribution >= 4 is 36.4 Å². The van der Waals surface area contributed by atoms with Crippen LogP contribution in [-0.2, 0) is 17.3 Å². The van der Waals surface area contributed by atoms with Crippen molar-refractivity contribution in [3.05, 3.63) is 0 Å². The summed E-state index contributed by atoms with van der Waals surface area (Å²) in [7, 11) is 0. The van der Waals surface area contributed by atoms with Gasteiger partial charge < -0.3 is 14.1 Å². The Morgan fingerprint density at radius 1 is 0.833 bits per heavy atom. The Morgan fingerprint density at radius 2 is 0.833 bits per heavy atom. The maximum atomic E-state index is 2.92. The van der Waals surface area contributed by atoms with E-state index in [1.54, 1.807) is 0 Å². The first kappa shape index (κ1) is 46.1. The fourth-order valence-electron chi connectivity index (χ4n) is 0. The Balaban J connectivity index is -0.000000000833. The van der Waals surface area contributed by atoms with Gasteiger partial charge in [0.2, 0.25) is 0 Å². The second kappa shape index (κ2) is 70.9. The minimum absolute atomic E-state index is 0. The molecule has 6 heavy (non-hydrogen) atoms. The average Bonchev–Trinajstić information content (AvgIpc) is 1.00. The molecule has 42 valence electrons. The fraction of sp³-hybridized carbons (Fsp3) is 0. The van der Waals surface area contributed by atoms with Crippen LogP contribution in [0.2, 0.25) is 0 Å². The number of hydrogen-bond acceptors (Lipinski definition) is 0. The van der Waals surface area contributed by atoms with E-state index in [9.17, 15) is 0 Å². The zero-order valence-electron chi connectivity index (χ0n) is 2.39. The van der Waals surface area contributed by atoms with E-state index in [0.717, 1.165) is 0 Å². The van der Waals surface area contributed by atoms with E-state index < -0.39 is 0 Å². The van der Waals surface area contributed by atoms with Crippen molar-refractivity contribution in [3.8, 4) is 0 Å². The van der Waals surface area contributed by atoms with Crippen LogP contribution >= 0.6 is 19.0 Å². The minimum atomic E-state index is 0. The van der Waals surface area contributed by atoms with E-state index in [0.29, 0.717) is 0 Å². The van der Waals surface area contributed by atoms with Crippen LogP contribution in [-0.4, -0.2) is 17.4 Å². The van der Waals surface area contributed by atoms with E-state index in [-0.39, 0.29) is 31.5 Å². The molecule has 0 atom stereocenters. The maximum absolute atomic E-state index is 2.92. The maximum Gasteiger partial charge on any atom is 3.00 e. The molecule has 0 bridgehead atoms. The molecule has 0 heterocycles. The number of hydrogen-bond donors (Lipinski definition) is 0. The van der Waals surface area contributed by atoms with Crippen molar-refractivity contribution < 1.29 is 31.4 Å². The molecule has 0 N–H and O–H groups in total. The van der Waals surface area contributed by atoms with Gasteiger partial charge in [-0.15, -0.1) is 0 Å². The normalized spacial score (nSPS) is 1.17. The molecule has 0 rings (SSSR count). The van der Waals surface area contributed by atoms with Gasteiger partial charge in [-0.25, -0.2) is 0 Å². The fourth-order valence-corrected chi connectivity index (χ4v) is 0. The van der Waals surface area contributed by atoms with Crippen molar-refractivity contribution in [3.63, 3.8) is 0 Å². The molecule has 0 aliphatic rings. The zero-order chi connectivity index (χ0) is 2.00. The summed E-state index contributed by atoms with van der Waals surface area (Å²) in [5, 5.41) is 0. The van der Waals surface area contributed by atoms with Crippen LogP contribution in [0, 0.1) is 0 Å². The largest absolute Gasteiger partial charge is 3.00 e. The third-order valence-electron chi connectivity index (χ3n) is 0. The summed E-state index contributed by atoms with van der Waals surface area (Å²) in [4.78, 5) is 0. The molecule has 0 unspecified atom stereocenters. The van der Waals surface area contributed by atoms with Gasteiger partial charge in [0.15, 0.2) is 0 Å². The first-order valence-corrected chi connectivity index (χ1v) is 4.52. The van der Waals surface area contributed by atoms with Gasteiger partial charge in [-0.3, -0.25) is 0 Å². The van der Waals surface area contributed by atoms with Crippen LogP contribution in [0.3, 0.4) is 0 Å². The van der Waals surface area contributed by atoms with Crippen molar-refractivity contribution in [1.29, 1.82) is 0 Å². The van der Waals surface area contributed by atoms with Gasteiger partial charge in [0.25, 0.3) is 0 Å². The Kier molecular flexibility index (Phi) is 545. The van der Waals surface area contributed by atoms with Gasteiger partial charge in [0.1, 0.15) is 0 Å². The molecule has 0 spiro atoms. The minimum Gasteiger partial charge on any atom is -1.00 e. The molecule has 0 saturated carbocycles. The summed E-state index contributed by atoms with van der Waals surface area (Å²) in [6, 6.07) is 0. The number of halogens is 4. The quantitative estimate of drug-likeness (QED) is 0.307. The summed E-state index contributed by atoms with van der Waals surface area (Å²) < 4.78 is 0. The zero-order valence-corrected chi connectivity index (χ0v) is 7.19. The topological polar surface area (TPSA) is 0 Å². The van der Waals surface area contributed by atoms with Gasteiger partial charge >= 0.3 is 53.6 Å². The van der Waals surface area contributed by atoms with E-state index in [1.165, 1.54) is 0 Å². The van der Waals surface area contributed by atoms with Crippen molar-refractivity contribution in [1.82, 2.24) is 0 Å². The Hall–Kier alpha value is 1.79.